The average molecular weight is 283 g/mol. The quantitative estimate of drug-likeness (QED) is 0.730. The molecule has 2 aliphatic rings. The van der Waals surface area contributed by atoms with Crippen molar-refractivity contribution in [2.75, 3.05) is 0 Å². The minimum absolute atomic E-state index is 0.141. The Hall–Kier alpha value is -0.370. The molecule has 0 bridgehead atoms. The van der Waals surface area contributed by atoms with E-state index >= 15 is 0 Å². The normalized spacial score (nSPS) is 33.5. The van der Waals surface area contributed by atoms with Gasteiger partial charge in [-0.25, -0.2) is 4.39 Å². The van der Waals surface area contributed by atoms with E-state index in [4.69, 9.17) is 0 Å². The average Bonchev–Trinajstić information content (AvgIpc) is 2.76. The molecular weight excluding hydrogens is 267 g/mol. The van der Waals surface area contributed by atoms with E-state index in [1.165, 1.54) is 24.8 Å². The van der Waals surface area contributed by atoms with Crippen LogP contribution in [0.5, 0.6) is 0 Å². The molecule has 1 aromatic rings. The Labute approximate surface area is 104 Å². The summed E-state index contributed by atoms with van der Waals surface area (Å²) in [6, 6.07) is 6.93. The van der Waals surface area contributed by atoms with Crippen LogP contribution in [0.15, 0.2) is 24.3 Å². The van der Waals surface area contributed by atoms with Crippen LogP contribution in [0.2, 0.25) is 0 Å². The first kappa shape index (κ1) is 10.8. The van der Waals surface area contributed by atoms with Crippen LogP contribution >= 0.6 is 15.9 Å². The summed E-state index contributed by atoms with van der Waals surface area (Å²) in [4.78, 5) is 0.591. The number of fused-ring (bicyclic) bond motifs is 1. The Morgan fingerprint density at radius 2 is 1.81 bits per heavy atom. The maximum atomic E-state index is 12.8. The summed E-state index contributed by atoms with van der Waals surface area (Å²) in [5, 5.41) is 0. The molecule has 1 aromatic carbocycles. The fraction of sp³-hybridized carbons (Fsp3) is 0.571. The van der Waals surface area contributed by atoms with E-state index in [0.717, 1.165) is 24.2 Å². The van der Waals surface area contributed by atoms with Gasteiger partial charge < -0.3 is 0 Å². The van der Waals surface area contributed by atoms with Crippen molar-refractivity contribution >= 4 is 15.9 Å². The van der Waals surface area contributed by atoms with Crippen molar-refractivity contribution in [1.82, 2.24) is 0 Å². The van der Waals surface area contributed by atoms with Crippen molar-refractivity contribution in [3.8, 4) is 0 Å². The van der Waals surface area contributed by atoms with Crippen molar-refractivity contribution in [3.63, 3.8) is 0 Å². The van der Waals surface area contributed by atoms with E-state index in [9.17, 15) is 4.39 Å². The molecule has 0 spiro atoms. The Morgan fingerprint density at radius 1 is 1.19 bits per heavy atom. The molecule has 0 heterocycles. The number of benzene rings is 1. The predicted octanol–water partition coefficient (Wildman–Crippen LogP) is 4.18. The molecule has 0 saturated heterocycles. The summed E-state index contributed by atoms with van der Waals surface area (Å²) in [5.74, 6) is 2.73. The monoisotopic (exact) mass is 282 g/mol. The lowest BCUT2D eigenvalue weighted by Crippen LogP contribution is -2.09. The molecule has 0 radical (unpaired) electrons. The summed E-state index contributed by atoms with van der Waals surface area (Å²) in [5.41, 5.74) is 1.24. The van der Waals surface area contributed by atoms with Crippen LogP contribution in [-0.2, 0) is 6.42 Å². The zero-order valence-electron chi connectivity index (χ0n) is 9.20. The minimum Gasteiger partial charge on any atom is -0.207 e. The van der Waals surface area contributed by atoms with Gasteiger partial charge in [0.25, 0.3) is 0 Å². The van der Waals surface area contributed by atoms with Gasteiger partial charge in [0.15, 0.2) is 0 Å². The second kappa shape index (κ2) is 4.14. The molecule has 3 atom stereocenters. The first-order valence-corrected chi connectivity index (χ1v) is 7.06. The molecule has 2 fully saturated rings. The number of halogens is 2. The van der Waals surface area contributed by atoms with Crippen molar-refractivity contribution in [2.24, 2.45) is 17.8 Å². The van der Waals surface area contributed by atoms with Crippen molar-refractivity contribution < 1.29 is 4.39 Å². The fourth-order valence-corrected chi connectivity index (χ4v) is 4.55. The van der Waals surface area contributed by atoms with Crippen molar-refractivity contribution in [3.05, 3.63) is 35.6 Å². The van der Waals surface area contributed by atoms with Crippen LogP contribution in [0.1, 0.15) is 24.8 Å². The molecule has 2 saturated carbocycles. The lowest BCUT2D eigenvalue weighted by atomic mass is 10.0. The van der Waals surface area contributed by atoms with Gasteiger partial charge in [-0.15, -0.1) is 0 Å². The molecule has 0 aromatic heterocycles. The zero-order chi connectivity index (χ0) is 11.1. The van der Waals surface area contributed by atoms with Crippen LogP contribution in [0.4, 0.5) is 4.39 Å². The van der Waals surface area contributed by atoms with E-state index in [0.29, 0.717) is 4.83 Å². The number of hydrogen-bond acceptors (Lipinski definition) is 0. The maximum absolute atomic E-state index is 12.8. The SMILES string of the molecule is Fc1ccc(CC(Br)C2C3CCCC32)cc1. The predicted molar refractivity (Wildman–Crippen MR) is 67.1 cm³/mol. The molecule has 3 rings (SSSR count). The van der Waals surface area contributed by atoms with Crippen LogP contribution in [0, 0.1) is 23.6 Å². The molecule has 16 heavy (non-hydrogen) atoms. The molecular formula is C14H16BrF. The highest BCUT2D eigenvalue weighted by atomic mass is 79.9. The molecule has 3 unspecified atom stereocenters. The summed E-state index contributed by atoms with van der Waals surface area (Å²) in [7, 11) is 0. The molecule has 2 heteroatoms. The van der Waals surface area contributed by atoms with Gasteiger partial charge in [0, 0.05) is 4.83 Å². The van der Waals surface area contributed by atoms with Crippen LogP contribution in [0.3, 0.4) is 0 Å². The van der Waals surface area contributed by atoms with E-state index in [1.54, 1.807) is 12.1 Å². The van der Waals surface area contributed by atoms with Crippen LogP contribution in [0.25, 0.3) is 0 Å². The van der Waals surface area contributed by atoms with E-state index in [1.807, 2.05) is 12.1 Å². The molecule has 0 amide bonds. The Bertz CT molecular complexity index is 363. The van der Waals surface area contributed by atoms with Crippen molar-refractivity contribution in [1.29, 1.82) is 0 Å². The Morgan fingerprint density at radius 3 is 2.44 bits per heavy atom. The van der Waals surface area contributed by atoms with Crippen LogP contribution < -0.4 is 0 Å². The van der Waals surface area contributed by atoms with Crippen molar-refractivity contribution in [2.45, 2.75) is 30.5 Å². The number of hydrogen-bond donors (Lipinski definition) is 0. The van der Waals surface area contributed by atoms with Gasteiger partial charge in [0.05, 0.1) is 0 Å². The molecule has 0 N–H and O–H groups in total. The molecule has 0 nitrogen and oxygen atoms in total. The Balaban J connectivity index is 1.60. The maximum Gasteiger partial charge on any atom is 0.123 e. The molecule has 0 aliphatic heterocycles. The topological polar surface area (TPSA) is 0 Å². The third kappa shape index (κ3) is 1.92. The lowest BCUT2D eigenvalue weighted by molar-refractivity contribution is 0.568. The van der Waals surface area contributed by atoms with Gasteiger partial charge in [-0.3, -0.25) is 0 Å². The van der Waals surface area contributed by atoms with Gasteiger partial charge in [-0.05, 0) is 54.7 Å². The highest BCUT2D eigenvalue weighted by molar-refractivity contribution is 9.09. The second-order valence-electron chi connectivity index (χ2n) is 5.18. The summed E-state index contributed by atoms with van der Waals surface area (Å²) in [6.07, 6.45) is 5.34. The molecule has 86 valence electrons. The highest BCUT2D eigenvalue weighted by Crippen LogP contribution is 2.60. The largest absolute Gasteiger partial charge is 0.207 e. The van der Waals surface area contributed by atoms with Gasteiger partial charge in [-0.2, -0.15) is 0 Å². The van der Waals surface area contributed by atoms with E-state index in [-0.39, 0.29) is 5.82 Å². The van der Waals surface area contributed by atoms with Gasteiger partial charge in [0.1, 0.15) is 5.82 Å². The summed E-state index contributed by atoms with van der Waals surface area (Å²) < 4.78 is 12.8. The number of alkyl halides is 1. The third-order valence-corrected chi connectivity index (χ3v) is 5.17. The standard InChI is InChI=1S/C14H16BrF/c15-13(14-11-2-1-3-12(11)14)8-9-4-6-10(16)7-5-9/h4-7,11-14H,1-3,8H2. The summed E-state index contributed by atoms with van der Waals surface area (Å²) >= 11 is 3.82. The minimum atomic E-state index is -0.141. The summed E-state index contributed by atoms with van der Waals surface area (Å²) in [6.45, 7) is 0. The lowest BCUT2D eigenvalue weighted by Gasteiger charge is -2.11. The van der Waals surface area contributed by atoms with Gasteiger partial charge in [0.2, 0.25) is 0 Å². The van der Waals surface area contributed by atoms with Crippen LogP contribution in [-0.4, -0.2) is 4.83 Å². The smallest absolute Gasteiger partial charge is 0.123 e. The zero-order valence-corrected chi connectivity index (χ0v) is 10.8. The number of rotatable bonds is 3. The van der Waals surface area contributed by atoms with Gasteiger partial charge >= 0.3 is 0 Å². The Kier molecular flexibility index (Phi) is 2.78. The highest BCUT2D eigenvalue weighted by Gasteiger charge is 2.54. The van der Waals surface area contributed by atoms with Gasteiger partial charge in [-0.1, -0.05) is 34.5 Å². The first-order valence-electron chi connectivity index (χ1n) is 6.14. The molecule has 2 aliphatic carbocycles. The van der Waals surface area contributed by atoms with E-state index in [2.05, 4.69) is 15.9 Å². The third-order valence-electron chi connectivity index (χ3n) is 4.23. The fourth-order valence-electron chi connectivity index (χ4n) is 3.40. The first-order chi connectivity index (χ1) is 7.75. The van der Waals surface area contributed by atoms with E-state index < -0.39 is 0 Å². The second-order valence-corrected chi connectivity index (χ2v) is 6.36.